The largest absolute Gasteiger partial charge is 0.423 e. The van der Waals surface area contributed by atoms with Crippen molar-refractivity contribution in [2.75, 3.05) is 26.2 Å². The Morgan fingerprint density at radius 3 is 2.52 bits per heavy atom. The van der Waals surface area contributed by atoms with Gasteiger partial charge >= 0.3 is 5.63 Å². The van der Waals surface area contributed by atoms with Gasteiger partial charge in [0.1, 0.15) is 11.4 Å². The van der Waals surface area contributed by atoms with Crippen LogP contribution in [0.25, 0.3) is 11.0 Å². The van der Waals surface area contributed by atoms with Crippen molar-refractivity contribution in [1.29, 1.82) is 0 Å². The zero-order valence-corrected chi connectivity index (χ0v) is 16.8. The highest BCUT2D eigenvalue weighted by atomic mass is 32.2. The number of rotatable bonds is 4. The van der Waals surface area contributed by atoms with Gasteiger partial charge in [0.2, 0.25) is 10.0 Å². The summed E-state index contributed by atoms with van der Waals surface area (Å²) in [5.74, 6) is -0.574. The molecule has 0 bridgehead atoms. The van der Waals surface area contributed by atoms with E-state index in [0.29, 0.717) is 38.3 Å². The summed E-state index contributed by atoms with van der Waals surface area (Å²) in [5.41, 5.74) is 2.02. The first-order chi connectivity index (χ1) is 13.8. The Labute approximate surface area is 168 Å². The predicted octanol–water partition coefficient (Wildman–Crippen LogP) is 2.75. The molecular formula is C21H21FN2O4S. The summed E-state index contributed by atoms with van der Waals surface area (Å²) in [6, 6.07) is 12.3. The van der Waals surface area contributed by atoms with E-state index in [-0.39, 0.29) is 4.90 Å². The van der Waals surface area contributed by atoms with Crippen molar-refractivity contribution in [3.63, 3.8) is 0 Å². The van der Waals surface area contributed by atoms with Crippen molar-refractivity contribution in [2.45, 2.75) is 18.4 Å². The van der Waals surface area contributed by atoms with Crippen molar-refractivity contribution in [2.24, 2.45) is 0 Å². The van der Waals surface area contributed by atoms with Gasteiger partial charge in [0.25, 0.3) is 0 Å². The maximum atomic E-state index is 13.4. The Kier molecular flexibility index (Phi) is 5.24. The van der Waals surface area contributed by atoms with Crippen LogP contribution in [0, 0.1) is 12.7 Å². The molecule has 2 aromatic carbocycles. The molecule has 0 amide bonds. The number of hydrogen-bond donors (Lipinski definition) is 0. The van der Waals surface area contributed by atoms with Gasteiger partial charge in [-0.2, -0.15) is 4.31 Å². The van der Waals surface area contributed by atoms with Crippen LogP contribution < -0.4 is 5.63 Å². The molecule has 2 heterocycles. The monoisotopic (exact) mass is 416 g/mol. The van der Waals surface area contributed by atoms with Crippen molar-refractivity contribution in [1.82, 2.24) is 9.21 Å². The highest BCUT2D eigenvalue weighted by molar-refractivity contribution is 7.89. The maximum absolute atomic E-state index is 13.4. The molecule has 1 aliphatic rings. The normalized spacial score (nSPS) is 16.3. The van der Waals surface area contributed by atoms with E-state index in [2.05, 4.69) is 4.90 Å². The van der Waals surface area contributed by atoms with Gasteiger partial charge < -0.3 is 4.42 Å². The summed E-state index contributed by atoms with van der Waals surface area (Å²) < 4.78 is 45.6. The third-order valence-corrected chi connectivity index (χ3v) is 7.04. The number of hydrogen-bond acceptors (Lipinski definition) is 5. The van der Waals surface area contributed by atoms with Crippen molar-refractivity contribution in [3.8, 4) is 0 Å². The molecule has 0 unspecified atom stereocenters. The fourth-order valence-electron chi connectivity index (χ4n) is 3.61. The minimum atomic E-state index is -3.73. The van der Waals surface area contributed by atoms with Crippen LogP contribution in [-0.2, 0) is 16.6 Å². The lowest BCUT2D eigenvalue weighted by molar-refractivity contribution is 0.182. The fraction of sp³-hybridized carbons (Fsp3) is 0.286. The van der Waals surface area contributed by atoms with E-state index in [9.17, 15) is 17.6 Å². The van der Waals surface area contributed by atoms with Crippen LogP contribution in [-0.4, -0.2) is 43.8 Å². The van der Waals surface area contributed by atoms with Gasteiger partial charge in [-0.1, -0.05) is 18.2 Å². The number of halogens is 1. The number of fused-ring (bicyclic) bond motifs is 1. The van der Waals surface area contributed by atoms with Crippen molar-refractivity contribution >= 4 is 21.0 Å². The van der Waals surface area contributed by atoms with Crippen molar-refractivity contribution in [3.05, 3.63) is 75.9 Å². The fourth-order valence-corrected chi connectivity index (χ4v) is 5.07. The maximum Gasteiger partial charge on any atom is 0.336 e. The molecule has 0 aliphatic carbocycles. The molecule has 1 aromatic heterocycles. The summed E-state index contributed by atoms with van der Waals surface area (Å²) in [5, 5.41) is 0.880. The van der Waals surface area contributed by atoms with E-state index in [1.54, 1.807) is 0 Å². The van der Waals surface area contributed by atoms with Gasteiger partial charge in [-0.3, -0.25) is 4.90 Å². The van der Waals surface area contributed by atoms with Gasteiger partial charge in [0.15, 0.2) is 0 Å². The van der Waals surface area contributed by atoms with Gasteiger partial charge in [0.05, 0.1) is 4.90 Å². The molecule has 0 atom stereocenters. The Morgan fingerprint density at radius 1 is 1.03 bits per heavy atom. The zero-order chi connectivity index (χ0) is 20.6. The molecule has 29 heavy (non-hydrogen) atoms. The van der Waals surface area contributed by atoms with E-state index in [1.807, 2.05) is 25.1 Å². The molecule has 1 saturated heterocycles. The third-order valence-electron chi connectivity index (χ3n) is 5.14. The second-order valence-electron chi connectivity index (χ2n) is 7.23. The molecule has 0 N–H and O–H groups in total. The smallest absolute Gasteiger partial charge is 0.336 e. The molecule has 6 nitrogen and oxygen atoms in total. The second kappa shape index (κ2) is 7.70. The lowest BCUT2D eigenvalue weighted by atomic mass is 10.1. The predicted molar refractivity (Wildman–Crippen MR) is 108 cm³/mol. The van der Waals surface area contributed by atoms with Crippen LogP contribution in [0.4, 0.5) is 4.39 Å². The molecule has 8 heteroatoms. The Bertz CT molecular complexity index is 1210. The molecule has 0 spiro atoms. The third kappa shape index (κ3) is 4.10. The Balaban J connectivity index is 1.50. The van der Waals surface area contributed by atoms with Crippen LogP contribution in [0.5, 0.6) is 0 Å². The highest BCUT2D eigenvalue weighted by Gasteiger charge is 2.29. The van der Waals surface area contributed by atoms with Gasteiger partial charge in [-0.25, -0.2) is 17.6 Å². The molecule has 3 aromatic rings. The minimum absolute atomic E-state index is 0.0343. The van der Waals surface area contributed by atoms with Gasteiger partial charge in [0, 0.05) is 44.2 Å². The van der Waals surface area contributed by atoms with Gasteiger partial charge in [-0.05, 0) is 42.3 Å². The molecule has 1 fully saturated rings. The summed E-state index contributed by atoms with van der Waals surface area (Å²) in [7, 11) is -3.73. The second-order valence-corrected chi connectivity index (χ2v) is 9.17. The number of sulfonamides is 1. The van der Waals surface area contributed by atoms with E-state index in [0.717, 1.165) is 22.6 Å². The SMILES string of the molecule is Cc1ccc2c(CN3CCN(S(=O)(=O)c4cccc(F)c4)CC3)cc(=O)oc2c1. The average Bonchev–Trinajstić information content (AvgIpc) is 2.68. The van der Waals surface area contributed by atoms with E-state index < -0.39 is 21.5 Å². The van der Waals surface area contributed by atoms with Crippen molar-refractivity contribution < 1.29 is 17.2 Å². The summed E-state index contributed by atoms with van der Waals surface area (Å²) >= 11 is 0. The quantitative estimate of drug-likeness (QED) is 0.612. The molecular weight excluding hydrogens is 395 g/mol. The summed E-state index contributed by atoms with van der Waals surface area (Å²) in [6.07, 6.45) is 0. The number of aryl methyl sites for hydroxylation is 1. The first-order valence-electron chi connectivity index (χ1n) is 9.34. The molecule has 4 rings (SSSR count). The van der Waals surface area contributed by atoms with Crippen LogP contribution in [0.1, 0.15) is 11.1 Å². The van der Waals surface area contributed by atoms with Crippen LogP contribution in [0.3, 0.4) is 0 Å². The molecule has 1 aliphatic heterocycles. The molecule has 0 radical (unpaired) electrons. The first kappa shape index (κ1) is 19.8. The zero-order valence-electron chi connectivity index (χ0n) is 16.0. The topological polar surface area (TPSA) is 70.8 Å². The summed E-state index contributed by atoms with van der Waals surface area (Å²) in [4.78, 5) is 14.0. The van der Waals surface area contributed by atoms with Crippen LogP contribution >= 0.6 is 0 Å². The average molecular weight is 416 g/mol. The van der Waals surface area contributed by atoms with Gasteiger partial charge in [-0.15, -0.1) is 0 Å². The number of nitrogens with zero attached hydrogens (tertiary/aromatic N) is 2. The summed E-state index contributed by atoms with van der Waals surface area (Å²) in [6.45, 7) is 4.10. The number of piperazine rings is 1. The first-order valence-corrected chi connectivity index (χ1v) is 10.8. The molecule has 0 saturated carbocycles. The Morgan fingerprint density at radius 2 is 1.79 bits per heavy atom. The van der Waals surface area contributed by atoms with E-state index in [1.165, 1.54) is 28.6 Å². The lowest BCUT2D eigenvalue weighted by Gasteiger charge is -2.34. The standard InChI is InChI=1S/C21H21FN2O4S/c1-15-5-6-19-16(12-21(25)28-20(19)11-15)14-23-7-9-24(10-8-23)29(26,27)18-4-2-3-17(22)13-18/h2-6,11-13H,7-10,14H2,1H3. The lowest BCUT2D eigenvalue weighted by Crippen LogP contribution is -2.48. The Hall–Kier alpha value is -2.55. The minimum Gasteiger partial charge on any atom is -0.423 e. The number of benzene rings is 2. The van der Waals surface area contributed by atoms with E-state index in [4.69, 9.17) is 4.42 Å². The molecule has 152 valence electrons. The van der Waals surface area contributed by atoms with E-state index >= 15 is 0 Å². The van der Waals surface area contributed by atoms with Crippen LogP contribution in [0.2, 0.25) is 0 Å². The van der Waals surface area contributed by atoms with Crippen LogP contribution in [0.15, 0.2) is 62.6 Å². The highest BCUT2D eigenvalue weighted by Crippen LogP contribution is 2.22.